The highest BCUT2D eigenvalue weighted by Gasteiger charge is 2.23. The fraction of sp³-hybridized carbons (Fsp3) is 0.600. The van der Waals surface area contributed by atoms with Crippen molar-refractivity contribution in [1.29, 1.82) is 0 Å². The van der Waals surface area contributed by atoms with Crippen molar-refractivity contribution in [3.05, 3.63) is 22.3 Å². The molecular weight excluding hydrogens is 336 g/mol. The summed E-state index contributed by atoms with van der Waals surface area (Å²) in [5, 5.41) is 0. The van der Waals surface area contributed by atoms with Gasteiger partial charge in [-0.25, -0.2) is 9.78 Å². The van der Waals surface area contributed by atoms with E-state index < -0.39 is 0 Å². The second kappa shape index (κ2) is 7.75. The number of aromatic nitrogens is 1. The highest BCUT2D eigenvalue weighted by molar-refractivity contribution is 9.10. The Morgan fingerprint density at radius 3 is 2.81 bits per heavy atom. The lowest BCUT2D eigenvalue weighted by atomic mass is 9.99. The summed E-state index contributed by atoms with van der Waals surface area (Å²) in [6.45, 7) is 4.75. The maximum Gasteiger partial charge on any atom is 0.342 e. The molecule has 0 radical (unpaired) electrons. The summed E-state index contributed by atoms with van der Waals surface area (Å²) in [7, 11) is 1.58. The number of rotatable bonds is 5. The van der Waals surface area contributed by atoms with Gasteiger partial charge in [0.1, 0.15) is 18.0 Å². The van der Waals surface area contributed by atoms with Gasteiger partial charge in [-0.1, -0.05) is 6.92 Å². The first kappa shape index (κ1) is 16.2. The van der Waals surface area contributed by atoms with Gasteiger partial charge in [-0.05, 0) is 40.8 Å². The number of carbonyl (C=O) groups excluding carboxylic acids is 1. The van der Waals surface area contributed by atoms with Gasteiger partial charge in [0.15, 0.2) is 0 Å². The minimum atomic E-state index is -0.352. The first-order chi connectivity index (χ1) is 10.1. The number of hydrogen-bond donors (Lipinski definition) is 0. The first-order valence-corrected chi connectivity index (χ1v) is 7.97. The van der Waals surface area contributed by atoms with Crippen molar-refractivity contribution in [3.8, 4) is 0 Å². The number of anilines is 1. The Labute approximate surface area is 133 Å². The van der Waals surface area contributed by atoms with E-state index in [0.717, 1.165) is 36.3 Å². The van der Waals surface area contributed by atoms with Crippen LogP contribution in [0, 0.1) is 5.92 Å². The molecule has 116 valence electrons. The number of piperidine rings is 1. The third-order valence-corrected chi connectivity index (χ3v) is 4.09. The van der Waals surface area contributed by atoms with Crippen LogP contribution < -0.4 is 4.90 Å². The van der Waals surface area contributed by atoms with Gasteiger partial charge in [-0.2, -0.15) is 0 Å². The predicted molar refractivity (Wildman–Crippen MR) is 84.7 cm³/mol. The smallest absolute Gasteiger partial charge is 0.342 e. The van der Waals surface area contributed by atoms with E-state index in [9.17, 15) is 4.79 Å². The molecule has 0 unspecified atom stereocenters. The molecule has 1 aromatic rings. The van der Waals surface area contributed by atoms with E-state index in [2.05, 4.69) is 32.7 Å². The van der Waals surface area contributed by atoms with Gasteiger partial charge >= 0.3 is 5.97 Å². The van der Waals surface area contributed by atoms with Crippen LogP contribution in [0.1, 0.15) is 30.1 Å². The van der Waals surface area contributed by atoms with Gasteiger partial charge in [-0.15, -0.1) is 0 Å². The summed E-state index contributed by atoms with van der Waals surface area (Å²) in [5.41, 5.74) is 0.509. The predicted octanol–water partition coefficient (Wildman–Crippen LogP) is 2.88. The number of halogens is 1. The molecule has 0 N–H and O–H groups in total. The van der Waals surface area contributed by atoms with Gasteiger partial charge in [0.2, 0.25) is 0 Å². The summed E-state index contributed by atoms with van der Waals surface area (Å²) >= 11 is 3.37. The zero-order valence-electron chi connectivity index (χ0n) is 12.5. The molecule has 1 aliphatic rings. The maximum absolute atomic E-state index is 12.2. The minimum Gasteiger partial charge on any atom is -0.460 e. The summed E-state index contributed by atoms with van der Waals surface area (Å²) in [6.07, 6.45) is 3.96. The molecule has 6 heteroatoms. The number of ether oxygens (including phenoxy) is 2. The lowest BCUT2D eigenvalue weighted by molar-refractivity contribution is 0.0388. The molecule has 0 bridgehead atoms. The fourth-order valence-corrected chi connectivity index (χ4v) is 2.68. The quantitative estimate of drug-likeness (QED) is 0.599. The summed E-state index contributed by atoms with van der Waals surface area (Å²) in [6, 6.07) is 1.77. The monoisotopic (exact) mass is 356 g/mol. The van der Waals surface area contributed by atoms with Crippen LogP contribution in [0.3, 0.4) is 0 Å². The normalized spacial score (nSPS) is 16.0. The van der Waals surface area contributed by atoms with Gasteiger partial charge in [0, 0.05) is 30.9 Å². The molecule has 1 aliphatic heterocycles. The van der Waals surface area contributed by atoms with Crippen molar-refractivity contribution in [2.24, 2.45) is 5.92 Å². The molecule has 2 heterocycles. The number of nitrogens with zero attached hydrogens (tertiary/aromatic N) is 2. The Hall–Kier alpha value is -1.14. The Kier molecular flexibility index (Phi) is 5.99. The van der Waals surface area contributed by atoms with Crippen LogP contribution in [0.5, 0.6) is 0 Å². The topological polar surface area (TPSA) is 51.7 Å². The van der Waals surface area contributed by atoms with Crippen molar-refractivity contribution in [2.45, 2.75) is 19.8 Å². The summed E-state index contributed by atoms with van der Waals surface area (Å²) in [4.78, 5) is 18.8. The third kappa shape index (κ3) is 4.41. The number of methoxy groups -OCH3 is 1. The maximum atomic E-state index is 12.2. The average molecular weight is 357 g/mol. The van der Waals surface area contributed by atoms with E-state index >= 15 is 0 Å². The summed E-state index contributed by atoms with van der Waals surface area (Å²) < 4.78 is 10.9. The second-order valence-electron chi connectivity index (χ2n) is 5.32. The molecule has 0 saturated carbocycles. The standard InChI is InChI=1S/C15H21BrN2O3/c1-11-3-5-18(6-4-11)14-13(9-12(16)10-17-14)15(19)21-8-7-20-2/h9-11H,3-8H2,1-2H3. The average Bonchev–Trinajstić information content (AvgIpc) is 2.48. The largest absolute Gasteiger partial charge is 0.460 e. The lowest BCUT2D eigenvalue weighted by Gasteiger charge is -2.32. The van der Waals surface area contributed by atoms with Gasteiger partial charge < -0.3 is 14.4 Å². The molecule has 1 fully saturated rings. The molecule has 0 spiro atoms. The fourth-order valence-electron chi connectivity index (χ4n) is 2.35. The molecule has 0 aliphatic carbocycles. The number of carbonyl (C=O) groups is 1. The van der Waals surface area contributed by atoms with E-state index in [4.69, 9.17) is 9.47 Å². The van der Waals surface area contributed by atoms with Crippen LogP contribution in [0.4, 0.5) is 5.82 Å². The zero-order valence-corrected chi connectivity index (χ0v) is 14.1. The van der Waals surface area contributed by atoms with E-state index in [1.165, 1.54) is 0 Å². The zero-order chi connectivity index (χ0) is 15.2. The molecule has 1 saturated heterocycles. The first-order valence-electron chi connectivity index (χ1n) is 7.18. The van der Waals surface area contributed by atoms with Crippen molar-refractivity contribution < 1.29 is 14.3 Å². The highest BCUT2D eigenvalue weighted by Crippen LogP contribution is 2.26. The van der Waals surface area contributed by atoms with Crippen molar-refractivity contribution in [1.82, 2.24) is 4.98 Å². The van der Waals surface area contributed by atoms with Crippen LogP contribution in [-0.2, 0) is 9.47 Å². The van der Waals surface area contributed by atoms with Crippen LogP contribution in [0.25, 0.3) is 0 Å². The number of pyridine rings is 1. The third-order valence-electron chi connectivity index (χ3n) is 3.66. The van der Waals surface area contributed by atoms with Crippen LogP contribution >= 0.6 is 15.9 Å². The number of esters is 1. The van der Waals surface area contributed by atoms with E-state index in [1.54, 1.807) is 19.4 Å². The van der Waals surface area contributed by atoms with Crippen molar-refractivity contribution in [3.63, 3.8) is 0 Å². The van der Waals surface area contributed by atoms with Crippen molar-refractivity contribution >= 4 is 27.7 Å². The SMILES string of the molecule is COCCOC(=O)c1cc(Br)cnc1N1CCC(C)CC1. The molecular formula is C15H21BrN2O3. The van der Waals surface area contributed by atoms with Gasteiger partial charge in [-0.3, -0.25) is 0 Å². The van der Waals surface area contributed by atoms with E-state index in [1.807, 2.05) is 0 Å². The Balaban J connectivity index is 2.15. The Morgan fingerprint density at radius 2 is 2.14 bits per heavy atom. The second-order valence-corrected chi connectivity index (χ2v) is 6.24. The summed E-state index contributed by atoms with van der Waals surface area (Å²) in [5.74, 6) is 1.09. The highest BCUT2D eigenvalue weighted by atomic mass is 79.9. The van der Waals surface area contributed by atoms with Crippen LogP contribution in [0.15, 0.2) is 16.7 Å². The Morgan fingerprint density at radius 1 is 1.43 bits per heavy atom. The lowest BCUT2D eigenvalue weighted by Crippen LogP contribution is -2.34. The van der Waals surface area contributed by atoms with E-state index in [-0.39, 0.29) is 12.6 Å². The molecule has 1 aromatic heterocycles. The molecule has 0 aromatic carbocycles. The van der Waals surface area contributed by atoms with Crippen molar-refractivity contribution in [2.75, 3.05) is 38.3 Å². The van der Waals surface area contributed by atoms with Gasteiger partial charge in [0.25, 0.3) is 0 Å². The number of hydrogen-bond acceptors (Lipinski definition) is 5. The molecule has 21 heavy (non-hydrogen) atoms. The molecule has 2 rings (SSSR count). The van der Waals surface area contributed by atoms with Crippen LogP contribution in [0.2, 0.25) is 0 Å². The van der Waals surface area contributed by atoms with Gasteiger partial charge in [0.05, 0.1) is 6.61 Å². The minimum absolute atomic E-state index is 0.248. The molecule has 0 amide bonds. The van der Waals surface area contributed by atoms with Crippen LogP contribution in [-0.4, -0.2) is 44.4 Å². The molecule has 5 nitrogen and oxygen atoms in total. The molecule has 0 atom stereocenters. The Bertz CT molecular complexity index is 488. The van der Waals surface area contributed by atoms with E-state index in [0.29, 0.717) is 18.0 Å².